The van der Waals surface area contributed by atoms with Crippen LogP contribution in [-0.4, -0.2) is 28.8 Å². The molecule has 0 bridgehead atoms. The van der Waals surface area contributed by atoms with Gasteiger partial charge in [0.05, 0.1) is 22.6 Å². The van der Waals surface area contributed by atoms with E-state index in [1.54, 1.807) is 16.8 Å². The van der Waals surface area contributed by atoms with Crippen molar-refractivity contribution >= 4 is 17.3 Å². The van der Waals surface area contributed by atoms with Crippen molar-refractivity contribution in [3.05, 3.63) is 70.8 Å². The Morgan fingerprint density at radius 1 is 1.18 bits per heavy atom. The number of carbonyl (C=O) groups excluding carboxylic acids is 1. The maximum absolute atomic E-state index is 13.2. The lowest BCUT2D eigenvalue weighted by atomic mass is 10.1. The highest BCUT2D eigenvalue weighted by atomic mass is 19.1. The molecule has 0 spiro atoms. The Morgan fingerprint density at radius 3 is 2.64 bits per heavy atom. The number of fused-ring (bicyclic) bond motifs is 1. The van der Waals surface area contributed by atoms with Crippen molar-refractivity contribution in [2.45, 2.75) is 27.2 Å². The molecule has 3 aromatic rings. The van der Waals surface area contributed by atoms with Crippen LogP contribution in [0.4, 0.5) is 15.8 Å². The Morgan fingerprint density at radius 2 is 1.93 bits per heavy atom. The van der Waals surface area contributed by atoms with Gasteiger partial charge in [0.15, 0.2) is 0 Å². The molecule has 144 valence electrons. The molecular formula is C22H23FN4O. The van der Waals surface area contributed by atoms with E-state index in [1.165, 1.54) is 23.4 Å². The van der Waals surface area contributed by atoms with E-state index in [1.807, 2.05) is 26.0 Å². The van der Waals surface area contributed by atoms with Crippen LogP contribution in [-0.2, 0) is 6.42 Å². The van der Waals surface area contributed by atoms with Crippen molar-refractivity contribution in [3.63, 3.8) is 0 Å². The fourth-order valence-electron chi connectivity index (χ4n) is 3.85. The third kappa shape index (κ3) is 3.15. The third-order valence-corrected chi connectivity index (χ3v) is 5.31. The van der Waals surface area contributed by atoms with Gasteiger partial charge in [0.2, 0.25) is 0 Å². The number of hydrogen-bond donors (Lipinski definition) is 1. The van der Waals surface area contributed by atoms with Crippen LogP contribution in [0.3, 0.4) is 0 Å². The van der Waals surface area contributed by atoms with Crippen LogP contribution in [0.1, 0.15) is 34.2 Å². The zero-order valence-electron chi connectivity index (χ0n) is 16.3. The molecule has 0 radical (unpaired) electrons. The van der Waals surface area contributed by atoms with Crippen molar-refractivity contribution in [3.8, 4) is 5.69 Å². The number of rotatable bonds is 4. The van der Waals surface area contributed by atoms with Gasteiger partial charge in [0, 0.05) is 24.5 Å². The molecule has 1 aliphatic heterocycles. The Labute approximate surface area is 163 Å². The first-order valence-corrected chi connectivity index (χ1v) is 9.49. The molecule has 6 heteroatoms. The summed E-state index contributed by atoms with van der Waals surface area (Å²) in [5.41, 5.74) is 5.90. The zero-order valence-corrected chi connectivity index (χ0v) is 16.3. The summed E-state index contributed by atoms with van der Waals surface area (Å²) < 4.78 is 14.9. The van der Waals surface area contributed by atoms with Crippen LogP contribution in [0, 0.1) is 19.7 Å². The lowest BCUT2D eigenvalue weighted by Gasteiger charge is -2.17. The molecule has 1 N–H and O–H groups in total. The first-order chi connectivity index (χ1) is 13.5. The molecule has 0 atom stereocenters. The Hall–Kier alpha value is -3.15. The minimum Gasteiger partial charge on any atom is -0.371 e. The topological polar surface area (TPSA) is 50.2 Å². The van der Waals surface area contributed by atoms with Gasteiger partial charge in [0.1, 0.15) is 5.82 Å². The van der Waals surface area contributed by atoms with Gasteiger partial charge in [-0.15, -0.1) is 0 Å². The molecule has 5 nitrogen and oxygen atoms in total. The zero-order chi connectivity index (χ0) is 19.8. The summed E-state index contributed by atoms with van der Waals surface area (Å²) >= 11 is 0. The number of anilines is 2. The molecule has 0 saturated heterocycles. The summed E-state index contributed by atoms with van der Waals surface area (Å²) in [7, 11) is 0. The molecule has 0 fully saturated rings. The van der Waals surface area contributed by atoms with Crippen molar-refractivity contribution < 1.29 is 9.18 Å². The van der Waals surface area contributed by atoms with Gasteiger partial charge in [-0.05, 0) is 69.2 Å². The molecule has 0 unspecified atom stereocenters. The number of carbonyl (C=O) groups is 1. The third-order valence-electron chi connectivity index (χ3n) is 5.31. The standard InChI is InChI=1S/C22H23FN4O/c1-4-26-12-11-16-5-8-18(13-20(16)26)24-22(28)21-14(2)25-27(15(21)3)19-9-6-17(23)7-10-19/h5-10,13H,4,11-12H2,1-3H3,(H,24,28). The molecule has 28 heavy (non-hydrogen) atoms. The van der Waals surface area contributed by atoms with E-state index in [-0.39, 0.29) is 11.7 Å². The molecule has 1 aromatic heterocycles. The van der Waals surface area contributed by atoms with E-state index in [4.69, 9.17) is 0 Å². The van der Waals surface area contributed by atoms with Gasteiger partial charge in [-0.3, -0.25) is 4.79 Å². The highest BCUT2D eigenvalue weighted by molar-refractivity contribution is 6.06. The van der Waals surface area contributed by atoms with Crippen molar-refractivity contribution in [1.82, 2.24) is 9.78 Å². The number of aromatic nitrogens is 2. The maximum Gasteiger partial charge on any atom is 0.259 e. The summed E-state index contributed by atoms with van der Waals surface area (Å²) in [6.45, 7) is 7.76. The second-order valence-corrected chi connectivity index (χ2v) is 7.06. The molecule has 4 rings (SSSR count). The van der Waals surface area contributed by atoms with Crippen LogP contribution in [0.15, 0.2) is 42.5 Å². The van der Waals surface area contributed by atoms with Gasteiger partial charge in [-0.25, -0.2) is 9.07 Å². The van der Waals surface area contributed by atoms with Crippen LogP contribution in [0.25, 0.3) is 5.69 Å². The fourth-order valence-corrected chi connectivity index (χ4v) is 3.85. The van der Waals surface area contributed by atoms with E-state index in [2.05, 4.69) is 28.3 Å². The second-order valence-electron chi connectivity index (χ2n) is 7.06. The Balaban J connectivity index is 1.62. The summed E-state index contributed by atoms with van der Waals surface area (Å²) in [5, 5.41) is 7.49. The summed E-state index contributed by atoms with van der Waals surface area (Å²) in [5.74, 6) is -0.495. The first-order valence-electron chi connectivity index (χ1n) is 9.49. The largest absolute Gasteiger partial charge is 0.371 e. The number of likely N-dealkylation sites (N-methyl/N-ethyl adjacent to an activating group) is 1. The van der Waals surface area contributed by atoms with Crippen LogP contribution >= 0.6 is 0 Å². The summed E-state index contributed by atoms with van der Waals surface area (Å²) in [4.78, 5) is 15.3. The number of nitrogens with zero attached hydrogens (tertiary/aromatic N) is 3. The number of amides is 1. The van der Waals surface area contributed by atoms with Crippen molar-refractivity contribution in [1.29, 1.82) is 0 Å². The van der Waals surface area contributed by atoms with E-state index in [0.29, 0.717) is 11.3 Å². The van der Waals surface area contributed by atoms with Crippen LogP contribution in [0.5, 0.6) is 0 Å². The van der Waals surface area contributed by atoms with Crippen molar-refractivity contribution in [2.75, 3.05) is 23.3 Å². The second kappa shape index (κ2) is 7.11. The van der Waals surface area contributed by atoms with Crippen LogP contribution in [0.2, 0.25) is 0 Å². The summed E-state index contributed by atoms with van der Waals surface area (Å²) in [6.07, 6.45) is 1.04. The molecule has 1 amide bonds. The number of aryl methyl sites for hydroxylation is 1. The average Bonchev–Trinajstić information content (AvgIpc) is 3.22. The van der Waals surface area contributed by atoms with Gasteiger partial charge in [-0.1, -0.05) is 6.07 Å². The predicted octanol–water partition coefficient (Wildman–Crippen LogP) is 4.26. The van der Waals surface area contributed by atoms with Gasteiger partial charge < -0.3 is 10.2 Å². The Kier molecular flexibility index (Phi) is 4.63. The van der Waals surface area contributed by atoms with E-state index in [9.17, 15) is 9.18 Å². The number of hydrogen-bond acceptors (Lipinski definition) is 3. The van der Waals surface area contributed by atoms with E-state index in [0.717, 1.165) is 36.6 Å². The smallest absolute Gasteiger partial charge is 0.259 e. The molecule has 0 saturated carbocycles. The molecule has 1 aliphatic rings. The van der Waals surface area contributed by atoms with E-state index < -0.39 is 0 Å². The number of nitrogens with one attached hydrogen (secondary N) is 1. The predicted molar refractivity (Wildman–Crippen MR) is 109 cm³/mol. The fraction of sp³-hybridized carbons (Fsp3) is 0.273. The monoisotopic (exact) mass is 378 g/mol. The van der Waals surface area contributed by atoms with Gasteiger partial charge in [0.25, 0.3) is 5.91 Å². The highest BCUT2D eigenvalue weighted by Gasteiger charge is 2.22. The lowest BCUT2D eigenvalue weighted by Crippen LogP contribution is -2.19. The van der Waals surface area contributed by atoms with E-state index >= 15 is 0 Å². The molecule has 0 aliphatic carbocycles. The SMILES string of the molecule is CCN1CCc2ccc(NC(=O)c3c(C)nn(-c4ccc(F)cc4)c3C)cc21. The highest BCUT2D eigenvalue weighted by Crippen LogP contribution is 2.31. The van der Waals surface area contributed by atoms with Gasteiger partial charge >= 0.3 is 0 Å². The number of halogens is 1. The van der Waals surface area contributed by atoms with Crippen LogP contribution < -0.4 is 10.2 Å². The van der Waals surface area contributed by atoms with Gasteiger partial charge in [-0.2, -0.15) is 5.10 Å². The number of benzene rings is 2. The minimum atomic E-state index is -0.305. The molecule has 2 aromatic carbocycles. The normalized spacial score (nSPS) is 12.9. The maximum atomic E-state index is 13.2. The first kappa shape index (κ1) is 18.2. The van der Waals surface area contributed by atoms with Crippen molar-refractivity contribution in [2.24, 2.45) is 0 Å². The summed E-state index contributed by atoms with van der Waals surface area (Å²) in [6, 6.07) is 12.1. The molecule has 2 heterocycles. The lowest BCUT2D eigenvalue weighted by molar-refractivity contribution is 0.102. The Bertz CT molecular complexity index is 1040. The minimum absolute atomic E-state index is 0.190. The average molecular weight is 378 g/mol. The molecular weight excluding hydrogens is 355 g/mol. The quantitative estimate of drug-likeness (QED) is 0.738.